The van der Waals surface area contributed by atoms with E-state index >= 15 is 0 Å². The number of carbonyl (C=O) groups excluding carboxylic acids is 1. The van der Waals surface area contributed by atoms with Gasteiger partial charge in [-0.05, 0) is 38.8 Å². The number of urea groups is 1. The van der Waals surface area contributed by atoms with Crippen LogP contribution >= 0.6 is 0 Å². The van der Waals surface area contributed by atoms with Crippen molar-refractivity contribution in [1.29, 1.82) is 0 Å². The molecule has 1 heterocycles. The van der Waals surface area contributed by atoms with Crippen LogP contribution in [0.5, 0.6) is 5.75 Å². The third kappa shape index (κ3) is 4.84. The highest BCUT2D eigenvalue weighted by atomic mass is 16.5. The molecular formula is C17H27N3O3. The van der Waals surface area contributed by atoms with E-state index in [1.807, 2.05) is 12.1 Å². The van der Waals surface area contributed by atoms with Gasteiger partial charge < -0.3 is 25.4 Å². The standard InChI is InChI=1S/C17H27N3O3/c1-13(2)20-10-8-17(22,9-11-20)12-18-16(21)19-14-6-4-5-7-15(14)23-3/h4-7,13,22H,8-12H2,1-3H3,(H2,18,19,21). The summed E-state index contributed by atoms with van der Waals surface area (Å²) in [5, 5.41) is 16.1. The molecule has 3 N–H and O–H groups in total. The Kier molecular flexibility index (Phi) is 5.85. The number of anilines is 1. The maximum absolute atomic E-state index is 12.0. The highest BCUT2D eigenvalue weighted by Crippen LogP contribution is 2.24. The Morgan fingerprint density at radius 1 is 1.35 bits per heavy atom. The van der Waals surface area contributed by atoms with Crippen molar-refractivity contribution in [2.45, 2.75) is 38.3 Å². The molecule has 128 valence electrons. The van der Waals surface area contributed by atoms with Crippen LogP contribution in [0.4, 0.5) is 10.5 Å². The molecule has 6 nitrogen and oxygen atoms in total. The van der Waals surface area contributed by atoms with Crippen LogP contribution in [0.15, 0.2) is 24.3 Å². The van der Waals surface area contributed by atoms with Gasteiger partial charge in [0.25, 0.3) is 0 Å². The Bertz CT molecular complexity index is 526. The lowest BCUT2D eigenvalue weighted by atomic mass is 9.91. The summed E-state index contributed by atoms with van der Waals surface area (Å²) in [6.45, 7) is 6.26. The smallest absolute Gasteiger partial charge is 0.319 e. The maximum Gasteiger partial charge on any atom is 0.319 e. The molecule has 6 heteroatoms. The number of hydrogen-bond donors (Lipinski definition) is 3. The summed E-state index contributed by atoms with van der Waals surface area (Å²) in [6.07, 6.45) is 1.33. The number of amides is 2. The minimum absolute atomic E-state index is 0.250. The molecule has 0 saturated carbocycles. The van der Waals surface area contributed by atoms with Crippen LogP contribution in [0.1, 0.15) is 26.7 Å². The molecule has 0 radical (unpaired) electrons. The van der Waals surface area contributed by atoms with Gasteiger partial charge in [0.05, 0.1) is 18.4 Å². The van der Waals surface area contributed by atoms with Crippen molar-refractivity contribution in [1.82, 2.24) is 10.2 Å². The van der Waals surface area contributed by atoms with Gasteiger partial charge in [-0.15, -0.1) is 0 Å². The summed E-state index contributed by atoms with van der Waals surface area (Å²) < 4.78 is 5.20. The molecule has 0 aromatic heterocycles. The largest absolute Gasteiger partial charge is 0.495 e. The molecule has 2 rings (SSSR count). The molecule has 1 aliphatic rings. The SMILES string of the molecule is COc1ccccc1NC(=O)NCC1(O)CCN(C(C)C)CC1. The van der Waals surface area contributed by atoms with Gasteiger partial charge in [0, 0.05) is 25.7 Å². The second-order valence-electron chi connectivity index (χ2n) is 6.36. The molecule has 1 aliphatic heterocycles. The number of hydrogen-bond acceptors (Lipinski definition) is 4. The number of likely N-dealkylation sites (tertiary alicyclic amines) is 1. The predicted octanol–water partition coefficient (Wildman–Crippen LogP) is 2.05. The van der Waals surface area contributed by atoms with E-state index in [0.717, 1.165) is 13.1 Å². The van der Waals surface area contributed by atoms with Gasteiger partial charge >= 0.3 is 6.03 Å². The number of para-hydroxylation sites is 2. The fourth-order valence-corrected chi connectivity index (χ4v) is 2.79. The van der Waals surface area contributed by atoms with Crippen LogP contribution in [-0.4, -0.2) is 54.4 Å². The van der Waals surface area contributed by atoms with Crippen molar-refractivity contribution in [3.8, 4) is 5.75 Å². The summed E-state index contributed by atoms with van der Waals surface area (Å²) in [5.74, 6) is 0.603. The summed E-state index contributed by atoms with van der Waals surface area (Å²) in [7, 11) is 1.56. The van der Waals surface area contributed by atoms with Gasteiger partial charge in [0.15, 0.2) is 0 Å². The van der Waals surface area contributed by atoms with Gasteiger partial charge in [-0.3, -0.25) is 0 Å². The van der Waals surface area contributed by atoms with E-state index in [1.165, 1.54) is 0 Å². The van der Waals surface area contributed by atoms with Gasteiger partial charge in [-0.1, -0.05) is 12.1 Å². The molecule has 0 spiro atoms. The third-order valence-electron chi connectivity index (χ3n) is 4.39. The van der Waals surface area contributed by atoms with Gasteiger partial charge in [-0.25, -0.2) is 4.79 Å². The highest BCUT2D eigenvalue weighted by Gasteiger charge is 2.33. The van der Waals surface area contributed by atoms with Crippen LogP contribution < -0.4 is 15.4 Å². The lowest BCUT2D eigenvalue weighted by molar-refractivity contribution is -0.0242. The second-order valence-corrected chi connectivity index (χ2v) is 6.36. The third-order valence-corrected chi connectivity index (χ3v) is 4.39. The number of aliphatic hydroxyl groups is 1. The summed E-state index contributed by atoms with van der Waals surface area (Å²) in [6, 6.07) is 7.37. The van der Waals surface area contributed by atoms with Crippen molar-refractivity contribution in [3.05, 3.63) is 24.3 Å². The average molecular weight is 321 g/mol. The van der Waals surface area contributed by atoms with E-state index in [9.17, 15) is 9.90 Å². The van der Waals surface area contributed by atoms with E-state index in [2.05, 4.69) is 29.4 Å². The van der Waals surface area contributed by atoms with E-state index in [1.54, 1.807) is 19.2 Å². The molecule has 0 atom stereocenters. The molecule has 0 bridgehead atoms. The molecular weight excluding hydrogens is 294 g/mol. The second kappa shape index (κ2) is 7.66. The lowest BCUT2D eigenvalue weighted by Gasteiger charge is -2.40. The average Bonchev–Trinajstić information content (AvgIpc) is 2.54. The Labute approximate surface area is 137 Å². The van der Waals surface area contributed by atoms with E-state index < -0.39 is 5.60 Å². The Balaban J connectivity index is 1.82. The molecule has 1 aromatic carbocycles. The van der Waals surface area contributed by atoms with Crippen LogP contribution in [0.25, 0.3) is 0 Å². The molecule has 23 heavy (non-hydrogen) atoms. The zero-order valence-corrected chi connectivity index (χ0v) is 14.1. The Hall–Kier alpha value is -1.79. The van der Waals surface area contributed by atoms with Crippen LogP contribution in [0.3, 0.4) is 0 Å². The van der Waals surface area contributed by atoms with E-state index in [0.29, 0.717) is 30.3 Å². The van der Waals surface area contributed by atoms with Crippen molar-refractivity contribution in [2.75, 3.05) is 32.1 Å². The minimum atomic E-state index is -0.830. The van der Waals surface area contributed by atoms with Crippen LogP contribution in [-0.2, 0) is 0 Å². The molecule has 1 fully saturated rings. The van der Waals surface area contributed by atoms with Crippen molar-refractivity contribution in [3.63, 3.8) is 0 Å². The molecule has 1 saturated heterocycles. The number of methoxy groups -OCH3 is 1. The minimum Gasteiger partial charge on any atom is -0.495 e. The van der Waals surface area contributed by atoms with Crippen molar-refractivity contribution in [2.24, 2.45) is 0 Å². The summed E-state index contributed by atoms with van der Waals surface area (Å²) in [4.78, 5) is 14.4. The van der Waals surface area contributed by atoms with Crippen LogP contribution in [0.2, 0.25) is 0 Å². The quantitative estimate of drug-likeness (QED) is 0.776. The fraction of sp³-hybridized carbons (Fsp3) is 0.588. The number of nitrogens with one attached hydrogen (secondary N) is 2. The fourth-order valence-electron chi connectivity index (χ4n) is 2.79. The first-order valence-electron chi connectivity index (χ1n) is 8.08. The van der Waals surface area contributed by atoms with Crippen molar-refractivity contribution >= 4 is 11.7 Å². The first-order chi connectivity index (χ1) is 10.9. The maximum atomic E-state index is 12.0. The van der Waals surface area contributed by atoms with Gasteiger partial charge in [0.2, 0.25) is 0 Å². The number of benzene rings is 1. The molecule has 1 aromatic rings. The molecule has 0 unspecified atom stereocenters. The number of ether oxygens (including phenoxy) is 1. The Morgan fingerprint density at radius 2 is 2.00 bits per heavy atom. The molecule has 0 aliphatic carbocycles. The van der Waals surface area contributed by atoms with Gasteiger partial charge in [-0.2, -0.15) is 0 Å². The highest BCUT2D eigenvalue weighted by molar-refractivity contribution is 5.90. The topological polar surface area (TPSA) is 73.8 Å². The first kappa shape index (κ1) is 17.6. The van der Waals surface area contributed by atoms with Crippen molar-refractivity contribution < 1.29 is 14.6 Å². The monoisotopic (exact) mass is 321 g/mol. The summed E-state index contributed by atoms with van der Waals surface area (Å²) in [5.41, 5.74) is -0.224. The van der Waals surface area contributed by atoms with Crippen LogP contribution in [0, 0.1) is 0 Å². The zero-order valence-electron chi connectivity index (χ0n) is 14.1. The number of carbonyl (C=O) groups is 1. The van der Waals surface area contributed by atoms with E-state index in [-0.39, 0.29) is 12.6 Å². The number of rotatable bonds is 5. The number of piperidine rings is 1. The lowest BCUT2D eigenvalue weighted by Crippen LogP contribution is -2.52. The first-order valence-corrected chi connectivity index (χ1v) is 8.08. The predicted molar refractivity (Wildman–Crippen MR) is 90.9 cm³/mol. The normalized spacial score (nSPS) is 17.8. The van der Waals surface area contributed by atoms with E-state index in [4.69, 9.17) is 4.74 Å². The number of nitrogens with zero attached hydrogens (tertiary/aromatic N) is 1. The summed E-state index contributed by atoms with van der Waals surface area (Å²) >= 11 is 0. The molecule has 2 amide bonds. The Morgan fingerprint density at radius 3 is 2.61 bits per heavy atom. The zero-order chi connectivity index (χ0) is 16.9. The van der Waals surface area contributed by atoms with Gasteiger partial charge in [0.1, 0.15) is 5.75 Å².